The van der Waals surface area contributed by atoms with E-state index >= 15 is 0 Å². The van der Waals surface area contributed by atoms with Gasteiger partial charge in [-0.05, 0) is 59.7 Å². The van der Waals surface area contributed by atoms with E-state index in [0.29, 0.717) is 20.6 Å². The highest BCUT2D eigenvalue weighted by atomic mass is 79.9. The predicted molar refractivity (Wildman–Crippen MR) is 140 cm³/mol. The molecule has 0 saturated carbocycles. The number of halogens is 2. The lowest BCUT2D eigenvalue weighted by molar-refractivity contribution is 0.415. The van der Waals surface area contributed by atoms with Crippen LogP contribution in [0.15, 0.2) is 92.6 Å². The van der Waals surface area contributed by atoms with Crippen LogP contribution < -0.4 is 8.45 Å². The molecule has 3 rings (SSSR count). The first-order valence-electron chi connectivity index (χ1n) is 9.43. The molecule has 0 N–H and O–H groups in total. The Hall–Kier alpha value is -2.40. The third-order valence-electron chi connectivity index (χ3n) is 4.29. The van der Waals surface area contributed by atoms with Crippen LogP contribution in [0.2, 0.25) is 0 Å². The third-order valence-corrected chi connectivity index (χ3v) is 8.83. The van der Waals surface area contributed by atoms with Crippen molar-refractivity contribution < 1.29 is 21.6 Å². The molecule has 0 aliphatic rings. The molecule has 0 radical (unpaired) electrons. The summed E-state index contributed by atoms with van der Waals surface area (Å²) in [7, 11) is -7.49. The van der Waals surface area contributed by atoms with E-state index in [0.717, 1.165) is 19.8 Å². The Labute approximate surface area is 210 Å². The van der Waals surface area contributed by atoms with Gasteiger partial charge in [0, 0.05) is 15.0 Å². The molecule has 172 valence electrons. The van der Waals surface area contributed by atoms with E-state index in [1.165, 1.54) is 37.5 Å². The summed E-state index contributed by atoms with van der Waals surface area (Å²) in [5, 5.41) is 1.72. The minimum absolute atomic E-state index is 0.0767. The first-order valence-corrected chi connectivity index (χ1v) is 14.0. The molecule has 0 aliphatic heterocycles. The van der Waals surface area contributed by atoms with Crippen molar-refractivity contribution in [2.24, 2.45) is 0 Å². The fourth-order valence-corrected chi connectivity index (χ4v) is 6.81. The van der Waals surface area contributed by atoms with Crippen molar-refractivity contribution in [1.29, 1.82) is 0 Å². The standard InChI is InChI=1S/C23H19Br2NO5S2/c1-31-23-10-4-9-22(17-23)26(32(27,28)13-11-18-5-2-7-20(24)15-18)33(29,30)14-12-19-6-3-8-21(25)16-19/h2-17H,1H3/b13-11+,14-12+. The molecule has 0 amide bonds. The first-order chi connectivity index (χ1) is 15.6. The summed E-state index contributed by atoms with van der Waals surface area (Å²) in [6.07, 6.45) is 2.67. The van der Waals surface area contributed by atoms with Gasteiger partial charge in [-0.1, -0.05) is 62.2 Å². The van der Waals surface area contributed by atoms with Crippen molar-refractivity contribution in [3.63, 3.8) is 0 Å². The fourth-order valence-electron chi connectivity index (χ4n) is 2.82. The zero-order chi connectivity index (χ0) is 24.1. The highest BCUT2D eigenvalue weighted by Crippen LogP contribution is 2.28. The lowest BCUT2D eigenvalue weighted by Gasteiger charge is -2.21. The lowest BCUT2D eigenvalue weighted by Crippen LogP contribution is -2.34. The Balaban J connectivity index is 2.08. The normalized spacial score (nSPS) is 12.3. The van der Waals surface area contributed by atoms with Gasteiger partial charge in [0.25, 0.3) is 20.0 Å². The predicted octanol–water partition coefficient (Wildman–Crippen LogP) is 6.03. The molecule has 0 saturated heterocycles. The Morgan fingerprint density at radius 1 is 0.727 bits per heavy atom. The van der Waals surface area contributed by atoms with Crippen LogP contribution >= 0.6 is 31.9 Å². The molecule has 33 heavy (non-hydrogen) atoms. The average molecular weight is 613 g/mol. The quantitative estimate of drug-likeness (QED) is 0.310. The topological polar surface area (TPSA) is 80.8 Å². The van der Waals surface area contributed by atoms with Gasteiger partial charge in [-0.3, -0.25) is 0 Å². The molecule has 0 unspecified atom stereocenters. The number of rotatable bonds is 8. The minimum Gasteiger partial charge on any atom is -0.497 e. The number of sulfonamides is 2. The summed E-state index contributed by atoms with van der Waals surface area (Å²) < 4.78 is 60.1. The van der Waals surface area contributed by atoms with E-state index in [4.69, 9.17) is 4.74 Å². The zero-order valence-corrected chi connectivity index (χ0v) is 22.1. The first kappa shape index (κ1) is 25.2. The molecular formula is C23H19Br2NO5S2. The number of hydrogen-bond donors (Lipinski definition) is 0. The van der Waals surface area contributed by atoms with Crippen LogP contribution in [0.25, 0.3) is 12.2 Å². The van der Waals surface area contributed by atoms with Crippen LogP contribution in [0.3, 0.4) is 0 Å². The Morgan fingerprint density at radius 2 is 1.21 bits per heavy atom. The Kier molecular flexibility index (Phi) is 8.17. The van der Waals surface area contributed by atoms with Gasteiger partial charge < -0.3 is 4.74 Å². The van der Waals surface area contributed by atoms with Gasteiger partial charge in [0.15, 0.2) is 0 Å². The molecule has 6 nitrogen and oxygen atoms in total. The van der Waals surface area contributed by atoms with Gasteiger partial charge in [0.1, 0.15) is 5.75 Å². The van der Waals surface area contributed by atoms with Crippen LogP contribution in [0.5, 0.6) is 5.75 Å². The van der Waals surface area contributed by atoms with E-state index in [-0.39, 0.29) is 5.69 Å². The largest absolute Gasteiger partial charge is 0.497 e. The van der Waals surface area contributed by atoms with Crippen LogP contribution in [0, 0.1) is 0 Å². The summed E-state index contributed by atoms with van der Waals surface area (Å²) in [6, 6.07) is 19.7. The van der Waals surface area contributed by atoms with Crippen LogP contribution in [0.1, 0.15) is 11.1 Å². The van der Waals surface area contributed by atoms with Crippen LogP contribution in [0.4, 0.5) is 5.69 Å². The molecule has 0 bridgehead atoms. The summed E-state index contributed by atoms with van der Waals surface area (Å²) in [6.45, 7) is 0. The summed E-state index contributed by atoms with van der Waals surface area (Å²) in [5.41, 5.74) is 1.09. The van der Waals surface area contributed by atoms with Gasteiger partial charge in [0.05, 0.1) is 23.6 Å². The molecule has 0 aromatic heterocycles. The molecule has 0 atom stereocenters. The van der Waals surface area contributed by atoms with Crippen LogP contribution in [-0.2, 0) is 20.0 Å². The maximum absolute atomic E-state index is 13.3. The second kappa shape index (κ2) is 10.7. The molecule has 3 aromatic carbocycles. The number of benzene rings is 3. The van der Waals surface area contributed by atoms with Crippen molar-refractivity contribution in [2.45, 2.75) is 0 Å². The van der Waals surface area contributed by atoms with Gasteiger partial charge in [-0.25, -0.2) is 16.8 Å². The van der Waals surface area contributed by atoms with E-state index in [1.807, 2.05) is 0 Å². The number of methoxy groups -OCH3 is 1. The van der Waals surface area contributed by atoms with Gasteiger partial charge in [-0.2, -0.15) is 3.71 Å². The van der Waals surface area contributed by atoms with Crippen molar-refractivity contribution in [3.8, 4) is 5.75 Å². The second-order valence-electron chi connectivity index (χ2n) is 6.70. The molecule has 0 fully saturated rings. The summed E-state index contributed by atoms with van der Waals surface area (Å²) >= 11 is 6.66. The molecule has 3 aromatic rings. The van der Waals surface area contributed by atoms with Crippen molar-refractivity contribution >= 4 is 69.7 Å². The number of hydrogen-bond acceptors (Lipinski definition) is 5. The van der Waals surface area contributed by atoms with E-state index in [1.54, 1.807) is 54.6 Å². The lowest BCUT2D eigenvalue weighted by atomic mass is 10.2. The maximum atomic E-state index is 13.3. The summed E-state index contributed by atoms with van der Waals surface area (Å²) in [4.78, 5) is 0. The van der Waals surface area contributed by atoms with Gasteiger partial charge in [-0.15, -0.1) is 0 Å². The average Bonchev–Trinajstić information content (AvgIpc) is 2.76. The summed E-state index contributed by atoms with van der Waals surface area (Å²) in [5.74, 6) is 0.315. The Morgan fingerprint density at radius 3 is 1.67 bits per heavy atom. The number of ether oxygens (including phenoxy) is 1. The van der Waals surface area contributed by atoms with Gasteiger partial charge in [0.2, 0.25) is 0 Å². The van der Waals surface area contributed by atoms with Crippen LogP contribution in [-0.4, -0.2) is 23.9 Å². The molecule has 0 aliphatic carbocycles. The molecule has 0 heterocycles. The third kappa shape index (κ3) is 6.80. The highest BCUT2D eigenvalue weighted by Gasteiger charge is 2.31. The minimum atomic E-state index is -4.45. The van der Waals surface area contributed by atoms with E-state index in [9.17, 15) is 16.8 Å². The fraction of sp³-hybridized carbons (Fsp3) is 0.0435. The maximum Gasteiger partial charge on any atom is 0.270 e. The molecule has 0 spiro atoms. The molecule has 10 heteroatoms. The van der Waals surface area contributed by atoms with Crippen molar-refractivity contribution in [1.82, 2.24) is 0 Å². The SMILES string of the molecule is COc1cccc(N(S(=O)(=O)/C=C/c2cccc(Br)c2)S(=O)(=O)/C=C/c2cccc(Br)c2)c1. The zero-order valence-electron chi connectivity index (χ0n) is 17.3. The molecular weight excluding hydrogens is 594 g/mol. The highest BCUT2D eigenvalue weighted by molar-refractivity contribution is 9.10. The van der Waals surface area contributed by atoms with E-state index in [2.05, 4.69) is 31.9 Å². The smallest absolute Gasteiger partial charge is 0.270 e. The monoisotopic (exact) mass is 611 g/mol. The van der Waals surface area contributed by atoms with Gasteiger partial charge >= 0.3 is 0 Å². The Bertz CT molecular complexity index is 1330. The van der Waals surface area contributed by atoms with E-state index < -0.39 is 20.0 Å². The van der Waals surface area contributed by atoms with Crippen molar-refractivity contribution in [3.05, 3.63) is 104 Å². The second-order valence-corrected chi connectivity index (χ2v) is 12.1. The number of anilines is 1. The van der Waals surface area contributed by atoms with Crippen molar-refractivity contribution in [2.75, 3.05) is 10.8 Å². The number of nitrogens with zero attached hydrogens (tertiary/aromatic N) is 1.